The fourth-order valence-electron chi connectivity index (χ4n) is 10.8. The van der Waals surface area contributed by atoms with Crippen LogP contribution in [-0.4, -0.2) is 0 Å². The molecule has 0 fully saturated rings. The van der Waals surface area contributed by atoms with Crippen LogP contribution in [-0.2, 0) is 16.2 Å². The van der Waals surface area contributed by atoms with Gasteiger partial charge in [0, 0.05) is 27.6 Å². The second kappa shape index (κ2) is 14.3. The van der Waals surface area contributed by atoms with Crippen LogP contribution < -0.4 is 4.90 Å². The van der Waals surface area contributed by atoms with Gasteiger partial charge in [0.05, 0.1) is 11.4 Å². The van der Waals surface area contributed by atoms with E-state index in [0.29, 0.717) is 0 Å². The zero-order valence-corrected chi connectivity index (χ0v) is 37.4. The number of hydrogen-bond acceptors (Lipinski definition) is 1. The van der Waals surface area contributed by atoms with E-state index in [1.807, 2.05) is 0 Å². The summed E-state index contributed by atoms with van der Waals surface area (Å²) in [5, 5.41) is 2.46. The number of anilines is 3. The highest BCUT2D eigenvalue weighted by molar-refractivity contribution is 6.07. The van der Waals surface area contributed by atoms with Crippen molar-refractivity contribution in [3.8, 4) is 55.6 Å². The maximum absolute atomic E-state index is 2.55. The molecule has 0 spiro atoms. The summed E-state index contributed by atoms with van der Waals surface area (Å²) in [6.07, 6.45) is 0. The van der Waals surface area contributed by atoms with Crippen LogP contribution in [0.4, 0.5) is 17.1 Å². The Kier molecular flexibility index (Phi) is 8.83. The Labute approximate surface area is 373 Å². The van der Waals surface area contributed by atoms with Gasteiger partial charge in [-0.2, -0.15) is 0 Å². The van der Waals surface area contributed by atoms with E-state index >= 15 is 0 Å². The normalized spacial score (nSPS) is 14.2. The van der Waals surface area contributed by atoms with Crippen LogP contribution >= 0.6 is 0 Å². The summed E-state index contributed by atoms with van der Waals surface area (Å²) in [7, 11) is 0. The molecule has 0 unspecified atom stereocenters. The van der Waals surface area contributed by atoms with Crippen molar-refractivity contribution in [3.05, 3.63) is 222 Å². The van der Waals surface area contributed by atoms with E-state index in [-0.39, 0.29) is 16.2 Å². The third-order valence-corrected chi connectivity index (χ3v) is 14.3. The molecule has 0 saturated carbocycles. The molecule has 9 aromatic carbocycles. The maximum Gasteiger partial charge on any atom is 0.0546 e. The van der Waals surface area contributed by atoms with Gasteiger partial charge >= 0.3 is 0 Å². The standard InChI is InChI=1S/C62H53N/c1-60(2,3)45-30-25-40(26-31-45)43-29-35-57(51(37-43)41-17-9-8-10-18-41)63(46-32-34-55-52(39-46)49-22-14-16-24-54(49)61(55,4)5)58-36-28-42-19-11-12-20-47(42)59(58)44-27-33-50-48-21-13-15-23-53(48)62(6,7)56(50)38-44/h8-39H,1-7H3. The summed E-state index contributed by atoms with van der Waals surface area (Å²) in [6.45, 7) is 16.3. The monoisotopic (exact) mass is 811 g/mol. The van der Waals surface area contributed by atoms with Gasteiger partial charge < -0.3 is 4.90 Å². The fourth-order valence-corrected chi connectivity index (χ4v) is 10.8. The van der Waals surface area contributed by atoms with E-state index in [4.69, 9.17) is 0 Å². The van der Waals surface area contributed by atoms with Crippen molar-refractivity contribution in [2.24, 2.45) is 0 Å². The molecule has 1 nitrogen and oxygen atoms in total. The molecule has 2 aliphatic rings. The average Bonchev–Trinajstić information content (AvgIpc) is 3.68. The Morgan fingerprint density at radius 1 is 0.365 bits per heavy atom. The first kappa shape index (κ1) is 38.9. The van der Waals surface area contributed by atoms with E-state index in [2.05, 4.69) is 247 Å². The van der Waals surface area contributed by atoms with Crippen molar-refractivity contribution in [1.29, 1.82) is 0 Å². The molecule has 9 aromatic rings. The lowest BCUT2D eigenvalue weighted by atomic mass is 9.81. The molecular formula is C62H53N. The Hall–Kier alpha value is -6.96. The van der Waals surface area contributed by atoms with Crippen molar-refractivity contribution in [3.63, 3.8) is 0 Å². The summed E-state index contributed by atoms with van der Waals surface area (Å²) >= 11 is 0. The lowest BCUT2D eigenvalue weighted by molar-refractivity contribution is 0.590. The maximum atomic E-state index is 2.55. The van der Waals surface area contributed by atoms with Crippen molar-refractivity contribution in [2.75, 3.05) is 4.90 Å². The molecular weight excluding hydrogens is 759 g/mol. The van der Waals surface area contributed by atoms with Gasteiger partial charge in [-0.1, -0.05) is 206 Å². The molecule has 0 N–H and O–H groups in total. The van der Waals surface area contributed by atoms with E-state index < -0.39 is 0 Å². The summed E-state index contributed by atoms with van der Waals surface area (Å²) in [4.78, 5) is 2.55. The quantitative estimate of drug-likeness (QED) is 0.162. The zero-order valence-electron chi connectivity index (χ0n) is 37.4. The lowest BCUT2D eigenvalue weighted by Crippen LogP contribution is -2.16. The van der Waals surface area contributed by atoms with Gasteiger partial charge in [0.15, 0.2) is 0 Å². The predicted octanol–water partition coefficient (Wildman–Crippen LogP) is 17.2. The molecule has 0 aromatic heterocycles. The third kappa shape index (κ3) is 6.20. The molecule has 0 saturated heterocycles. The zero-order chi connectivity index (χ0) is 43.3. The molecule has 0 bridgehead atoms. The van der Waals surface area contributed by atoms with Crippen LogP contribution in [0.25, 0.3) is 66.4 Å². The van der Waals surface area contributed by atoms with Gasteiger partial charge in [0.2, 0.25) is 0 Å². The highest BCUT2D eigenvalue weighted by atomic mass is 15.1. The first-order valence-electron chi connectivity index (χ1n) is 22.5. The summed E-state index contributed by atoms with van der Waals surface area (Å²) in [5.74, 6) is 0. The number of benzene rings is 9. The smallest absolute Gasteiger partial charge is 0.0546 e. The molecule has 1 heteroatoms. The molecule has 0 heterocycles. The second-order valence-electron chi connectivity index (χ2n) is 19.8. The minimum Gasteiger partial charge on any atom is -0.309 e. The number of fused-ring (bicyclic) bond motifs is 7. The Bertz CT molecular complexity index is 3250. The minimum atomic E-state index is -0.131. The first-order chi connectivity index (χ1) is 30.4. The summed E-state index contributed by atoms with van der Waals surface area (Å²) in [5.41, 5.74) is 22.6. The molecule has 63 heavy (non-hydrogen) atoms. The van der Waals surface area contributed by atoms with Gasteiger partial charge in [-0.15, -0.1) is 0 Å². The van der Waals surface area contributed by atoms with Crippen LogP contribution in [0.1, 0.15) is 76.3 Å². The highest BCUT2D eigenvalue weighted by Crippen LogP contribution is 2.55. The van der Waals surface area contributed by atoms with Crippen LogP contribution in [0.15, 0.2) is 194 Å². The third-order valence-electron chi connectivity index (χ3n) is 14.3. The fraction of sp³-hybridized carbons (Fsp3) is 0.161. The largest absolute Gasteiger partial charge is 0.309 e. The van der Waals surface area contributed by atoms with Crippen LogP contribution in [0.2, 0.25) is 0 Å². The SMILES string of the molecule is CC(C)(C)c1ccc(-c2ccc(N(c3ccc4c(c3)-c3ccccc3C4(C)C)c3ccc4ccccc4c3-c3ccc4c(c3)C(C)(C)c3ccccc3-4)c(-c3ccccc3)c2)cc1. The minimum absolute atomic E-state index is 0.0831. The Morgan fingerprint density at radius 3 is 1.67 bits per heavy atom. The molecule has 0 amide bonds. The average molecular weight is 812 g/mol. The lowest BCUT2D eigenvalue weighted by Gasteiger charge is -2.32. The van der Waals surface area contributed by atoms with Crippen molar-refractivity contribution in [1.82, 2.24) is 0 Å². The number of nitrogens with zero attached hydrogens (tertiary/aromatic N) is 1. The van der Waals surface area contributed by atoms with Crippen LogP contribution in [0.3, 0.4) is 0 Å². The van der Waals surface area contributed by atoms with Crippen molar-refractivity contribution in [2.45, 2.75) is 64.7 Å². The highest BCUT2D eigenvalue weighted by Gasteiger charge is 2.37. The Morgan fingerprint density at radius 2 is 0.937 bits per heavy atom. The first-order valence-corrected chi connectivity index (χ1v) is 22.5. The Balaban J connectivity index is 1.19. The topological polar surface area (TPSA) is 3.24 Å². The van der Waals surface area contributed by atoms with Crippen molar-refractivity contribution >= 4 is 27.8 Å². The molecule has 0 atom stereocenters. The van der Waals surface area contributed by atoms with Gasteiger partial charge in [-0.3, -0.25) is 0 Å². The van der Waals surface area contributed by atoms with Crippen molar-refractivity contribution < 1.29 is 0 Å². The van der Waals surface area contributed by atoms with Crippen LogP contribution in [0, 0.1) is 0 Å². The second-order valence-corrected chi connectivity index (χ2v) is 19.8. The number of rotatable bonds is 6. The van der Waals surface area contributed by atoms with Gasteiger partial charge in [-0.25, -0.2) is 0 Å². The summed E-state index contributed by atoms with van der Waals surface area (Å²) < 4.78 is 0. The molecule has 0 radical (unpaired) electrons. The van der Waals surface area contributed by atoms with Gasteiger partial charge in [0.25, 0.3) is 0 Å². The van der Waals surface area contributed by atoms with E-state index in [9.17, 15) is 0 Å². The van der Waals surface area contributed by atoms with Gasteiger partial charge in [-0.05, 0) is 125 Å². The molecule has 0 aliphatic heterocycles. The van der Waals surface area contributed by atoms with Crippen LogP contribution in [0.5, 0.6) is 0 Å². The predicted molar refractivity (Wildman–Crippen MR) is 269 cm³/mol. The molecule has 11 rings (SSSR count). The summed E-state index contributed by atoms with van der Waals surface area (Å²) in [6, 6.07) is 73.2. The molecule has 2 aliphatic carbocycles. The van der Waals surface area contributed by atoms with Gasteiger partial charge in [0.1, 0.15) is 0 Å². The number of hydrogen-bond donors (Lipinski definition) is 0. The molecule has 306 valence electrons. The van der Waals surface area contributed by atoms with E-state index in [1.54, 1.807) is 0 Å². The van der Waals surface area contributed by atoms with E-state index in [1.165, 1.54) is 94.2 Å². The van der Waals surface area contributed by atoms with E-state index in [0.717, 1.165) is 17.1 Å².